The van der Waals surface area contributed by atoms with Gasteiger partial charge in [-0.05, 0) is 23.1 Å². The van der Waals surface area contributed by atoms with Gasteiger partial charge in [0.15, 0.2) is 5.13 Å². The highest BCUT2D eigenvalue weighted by Gasteiger charge is 2.13. The van der Waals surface area contributed by atoms with Crippen molar-refractivity contribution >= 4 is 16.5 Å². The first-order valence-corrected chi connectivity index (χ1v) is 6.76. The van der Waals surface area contributed by atoms with E-state index in [0.29, 0.717) is 11.7 Å². The molecule has 0 saturated carbocycles. The molecule has 1 heterocycles. The predicted molar refractivity (Wildman–Crippen MR) is 76.0 cm³/mol. The summed E-state index contributed by atoms with van der Waals surface area (Å²) in [6.45, 7) is 7.02. The molecule has 0 amide bonds. The van der Waals surface area contributed by atoms with E-state index in [-0.39, 0.29) is 5.41 Å². The molecule has 0 aliphatic rings. The minimum Gasteiger partial charge on any atom is -0.487 e. The number of hydrogen-bond donors (Lipinski definition) is 1. The number of benzene rings is 1. The maximum absolute atomic E-state index is 5.73. The molecule has 1 aromatic heterocycles. The average molecular weight is 262 g/mol. The SMILES string of the molecule is CC(C)(C)c1cccc(OCc2csc(N)n2)c1. The summed E-state index contributed by atoms with van der Waals surface area (Å²) in [6, 6.07) is 8.18. The van der Waals surface area contributed by atoms with E-state index < -0.39 is 0 Å². The molecule has 0 aliphatic heterocycles. The largest absolute Gasteiger partial charge is 0.487 e. The van der Waals surface area contributed by atoms with Gasteiger partial charge in [0.1, 0.15) is 12.4 Å². The lowest BCUT2D eigenvalue weighted by Crippen LogP contribution is -2.11. The molecule has 3 nitrogen and oxygen atoms in total. The third kappa shape index (κ3) is 3.23. The van der Waals surface area contributed by atoms with Crippen LogP contribution in [0.4, 0.5) is 5.13 Å². The van der Waals surface area contributed by atoms with Gasteiger partial charge in [0.25, 0.3) is 0 Å². The zero-order valence-electron chi connectivity index (χ0n) is 10.9. The number of anilines is 1. The second-order valence-corrected chi connectivity index (χ2v) is 6.13. The van der Waals surface area contributed by atoms with Gasteiger partial charge in [-0.25, -0.2) is 4.98 Å². The second-order valence-electron chi connectivity index (χ2n) is 5.24. The van der Waals surface area contributed by atoms with Crippen LogP contribution in [0.25, 0.3) is 0 Å². The molecule has 1 aromatic carbocycles. The zero-order chi connectivity index (χ0) is 13.2. The van der Waals surface area contributed by atoms with Crippen molar-refractivity contribution in [3.8, 4) is 5.75 Å². The standard InChI is InChI=1S/C14H18N2OS/c1-14(2,3)10-5-4-6-12(7-10)17-8-11-9-18-13(15)16-11/h4-7,9H,8H2,1-3H3,(H2,15,16). The molecule has 0 radical (unpaired) electrons. The number of thiazole rings is 1. The Balaban J connectivity index is 2.06. The van der Waals surface area contributed by atoms with Crippen LogP contribution >= 0.6 is 11.3 Å². The molecule has 0 spiro atoms. The number of ether oxygens (including phenoxy) is 1. The molecule has 0 unspecified atom stereocenters. The fraction of sp³-hybridized carbons (Fsp3) is 0.357. The normalized spacial score (nSPS) is 11.5. The molecule has 2 N–H and O–H groups in total. The average Bonchev–Trinajstić information content (AvgIpc) is 2.72. The Labute approximate surface area is 112 Å². The van der Waals surface area contributed by atoms with Crippen LogP contribution in [0.15, 0.2) is 29.6 Å². The van der Waals surface area contributed by atoms with Crippen LogP contribution < -0.4 is 10.5 Å². The Morgan fingerprint density at radius 2 is 2.11 bits per heavy atom. The fourth-order valence-corrected chi connectivity index (χ4v) is 2.15. The molecule has 0 aliphatic carbocycles. The number of aromatic nitrogens is 1. The van der Waals surface area contributed by atoms with Gasteiger partial charge in [-0.1, -0.05) is 32.9 Å². The lowest BCUT2D eigenvalue weighted by Gasteiger charge is -2.19. The monoisotopic (exact) mass is 262 g/mol. The maximum atomic E-state index is 5.73. The van der Waals surface area contributed by atoms with E-state index in [1.165, 1.54) is 16.9 Å². The van der Waals surface area contributed by atoms with Gasteiger partial charge < -0.3 is 10.5 Å². The highest BCUT2D eigenvalue weighted by atomic mass is 32.1. The molecule has 4 heteroatoms. The van der Waals surface area contributed by atoms with Gasteiger partial charge >= 0.3 is 0 Å². The summed E-state index contributed by atoms with van der Waals surface area (Å²) in [5, 5.41) is 2.50. The van der Waals surface area contributed by atoms with Crippen molar-refractivity contribution in [2.75, 3.05) is 5.73 Å². The highest BCUT2D eigenvalue weighted by Crippen LogP contribution is 2.26. The van der Waals surface area contributed by atoms with E-state index in [1.54, 1.807) is 0 Å². The summed E-state index contributed by atoms with van der Waals surface area (Å²) in [5.41, 5.74) is 7.85. The lowest BCUT2D eigenvalue weighted by molar-refractivity contribution is 0.301. The third-order valence-electron chi connectivity index (χ3n) is 2.66. The molecule has 2 rings (SSSR count). The number of rotatable bonds is 3. The van der Waals surface area contributed by atoms with Crippen LogP contribution in [0.2, 0.25) is 0 Å². The van der Waals surface area contributed by atoms with Crippen molar-refractivity contribution in [3.63, 3.8) is 0 Å². The smallest absolute Gasteiger partial charge is 0.180 e. The molecule has 96 valence electrons. The fourth-order valence-electron chi connectivity index (χ4n) is 1.60. The van der Waals surface area contributed by atoms with Gasteiger partial charge in [0, 0.05) is 5.38 Å². The quantitative estimate of drug-likeness (QED) is 0.919. The highest BCUT2D eigenvalue weighted by molar-refractivity contribution is 7.13. The summed E-state index contributed by atoms with van der Waals surface area (Å²) in [5.74, 6) is 0.869. The van der Waals surface area contributed by atoms with Crippen LogP contribution in [-0.4, -0.2) is 4.98 Å². The minimum atomic E-state index is 0.129. The van der Waals surface area contributed by atoms with E-state index in [0.717, 1.165) is 11.4 Å². The van der Waals surface area contributed by atoms with Crippen molar-refractivity contribution in [3.05, 3.63) is 40.9 Å². The predicted octanol–water partition coefficient (Wildman–Crippen LogP) is 3.60. The summed E-state index contributed by atoms with van der Waals surface area (Å²) in [4.78, 5) is 4.17. The number of nitrogens with two attached hydrogens (primary N) is 1. The van der Waals surface area contributed by atoms with E-state index in [4.69, 9.17) is 10.5 Å². The Morgan fingerprint density at radius 1 is 1.33 bits per heavy atom. The maximum Gasteiger partial charge on any atom is 0.180 e. The van der Waals surface area contributed by atoms with E-state index in [2.05, 4.69) is 37.9 Å². The minimum absolute atomic E-state index is 0.129. The number of hydrogen-bond acceptors (Lipinski definition) is 4. The van der Waals surface area contributed by atoms with Crippen LogP contribution in [0.5, 0.6) is 5.75 Å². The van der Waals surface area contributed by atoms with Gasteiger partial charge in [0.05, 0.1) is 5.69 Å². The van der Waals surface area contributed by atoms with Crippen LogP contribution in [0, 0.1) is 0 Å². The Kier molecular flexibility index (Phi) is 3.57. The van der Waals surface area contributed by atoms with Gasteiger partial charge in [0.2, 0.25) is 0 Å². The first kappa shape index (κ1) is 12.9. The van der Waals surface area contributed by atoms with Crippen molar-refractivity contribution in [1.29, 1.82) is 0 Å². The summed E-state index contributed by atoms with van der Waals surface area (Å²) >= 11 is 1.43. The Morgan fingerprint density at radius 3 is 2.72 bits per heavy atom. The van der Waals surface area contributed by atoms with Crippen molar-refractivity contribution in [1.82, 2.24) is 4.98 Å². The van der Waals surface area contributed by atoms with Crippen molar-refractivity contribution < 1.29 is 4.74 Å². The molecule has 18 heavy (non-hydrogen) atoms. The van der Waals surface area contributed by atoms with E-state index in [9.17, 15) is 0 Å². The lowest BCUT2D eigenvalue weighted by atomic mass is 9.87. The molecule has 0 atom stereocenters. The molecule has 2 aromatic rings. The second kappa shape index (κ2) is 4.98. The molecular formula is C14H18N2OS. The van der Waals surface area contributed by atoms with E-state index >= 15 is 0 Å². The Bertz CT molecular complexity index is 529. The molecule has 0 saturated heterocycles. The topological polar surface area (TPSA) is 48.1 Å². The number of nitrogens with zero attached hydrogens (tertiary/aromatic N) is 1. The zero-order valence-corrected chi connectivity index (χ0v) is 11.8. The molecule has 0 bridgehead atoms. The number of nitrogen functional groups attached to an aromatic ring is 1. The molecular weight excluding hydrogens is 244 g/mol. The van der Waals surface area contributed by atoms with Crippen molar-refractivity contribution in [2.45, 2.75) is 32.8 Å². The Hall–Kier alpha value is -1.55. The molecule has 0 fully saturated rings. The van der Waals surface area contributed by atoms with Gasteiger partial charge in [-0.3, -0.25) is 0 Å². The van der Waals surface area contributed by atoms with Gasteiger partial charge in [-0.15, -0.1) is 11.3 Å². The summed E-state index contributed by atoms with van der Waals surface area (Å²) in [6.07, 6.45) is 0. The first-order valence-electron chi connectivity index (χ1n) is 5.88. The van der Waals surface area contributed by atoms with Crippen LogP contribution in [0.3, 0.4) is 0 Å². The van der Waals surface area contributed by atoms with Crippen LogP contribution in [0.1, 0.15) is 32.0 Å². The summed E-state index contributed by atoms with van der Waals surface area (Å²) in [7, 11) is 0. The third-order valence-corrected chi connectivity index (χ3v) is 3.38. The van der Waals surface area contributed by atoms with Crippen molar-refractivity contribution in [2.24, 2.45) is 0 Å². The van der Waals surface area contributed by atoms with E-state index in [1.807, 2.05) is 17.5 Å². The van der Waals surface area contributed by atoms with Crippen LogP contribution in [-0.2, 0) is 12.0 Å². The van der Waals surface area contributed by atoms with Gasteiger partial charge in [-0.2, -0.15) is 0 Å². The first-order chi connectivity index (χ1) is 8.45. The summed E-state index contributed by atoms with van der Waals surface area (Å²) < 4.78 is 5.73.